The Hall–Kier alpha value is -0.820. The molecule has 1 atom stereocenters. The fourth-order valence-electron chi connectivity index (χ4n) is 0.913. The van der Waals surface area contributed by atoms with Gasteiger partial charge in [-0.05, 0) is 34.7 Å². The molecule has 0 amide bonds. The minimum absolute atomic E-state index is 0.0817. The van der Waals surface area contributed by atoms with Crippen molar-refractivity contribution >= 4 is 28.6 Å². The summed E-state index contributed by atoms with van der Waals surface area (Å²) in [5.41, 5.74) is 5.56. The summed E-state index contributed by atoms with van der Waals surface area (Å²) in [4.78, 5) is 10.5. The van der Waals surface area contributed by atoms with Crippen LogP contribution < -0.4 is 5.73 Å². The molecule has 5 heteroatoms. The molecule has 1 rings (SSSR count). The molecule has 0 aliphatic rings. The molecule has 0 bridgehead atoms. The predicted molar refractivity (Wildman–Crippen MR) is 55.4 cm³/mol. The Morgan fingerprint density at radius 3 is 2.62 bits per heavy atom. The maximum atomic E-state index is 10.5. The molecule has 0 heterocycles. The highest BCUT2D eigenvalue weighted by Crippen LogP contribution is 2.24. The molecule has 13 heavy (non-hydrogen) atoms. The molecule has 0 spiro atoms. The Bertz CT molecular complexity index is 340. The molecule has 0 aliphatic carbocycles. The smallest absolute Gasteiger partial charge is 0.325 e. The summed E-state index contributed by atoms with van der Waals surface area (Å²) in [7, 11) is 0. The van der Waals surface area contributed by atoms with Gasteiger partial charge in [0.1, 0.15) is 11.8 Å². The van der Waals surface area contributed by atoms with Crippen LogP contribution in [-0.4, -0.2) is 16.2 Å². The van der Waals surface area contributed by atoms with E-state index in [0.717, 1.165) is 3.57 Å². The maximum absolute atomic E-state index is 10.5. The molecular formula is C8H8INO3. The molecule has 0 aromatic heterocycles. The number of benzene rings is 1. The number of nitrogens with two attached hydrogens (primary N) is 1. The second-order valence-corrected chi connectivity index (χ2v) is 3.76. The number of phenolic OH excluding ortho intramolecular Hbond substituents is 1. The largest absolute Gasteiger partial charge is 0.508 e. The molecule has 0 saturated carbocycles. The lowest BCUT2D eigenvalue weighted by Gasteiger charge is -2.08. The molecule has 0 aliphatic heterocycles. The Labute approximate surface area is 88.5 Å². The van der Waals surface area contributed by atoms with E-state index in [1.54, 1.807) is 6.07 Å². The number of halogens is 1. The standard InChI is InChI=1S/C8H8INO3/c9-4-1-2-5(6(11)3-4)7(10)8(12)13/h1-3,7,11H,10H2,(H,12,13)/t7-/m0/s1. The number of carboxylic acids is 1. The summed E-state index contributed by atoms with van der Waals surface area (Å²) in [6, 6.07) is 3.50. The molecule has 0 saturated heterocycles. The van der Waals surface area contributed by atoms with Gasteiger partial charge in [0.15, 0.2) is 0 Å². The first-order chi connectivity index (χ1) is 6.02. The normalized spacial score (nSPS) is 12.5. The van der Waals surface area contributed by atoms with Crippen LogP contribution in [0.1, 0.15) is 11.6 Å². The average molecular weight is 293 g/mol. The van der Waals surface area contributed by atoms with Crippen molar-refractivity contribution < 1.29 is 15.0 Å². The van der Waals surface area contributed by atoms with E-state index < -0.39 is 12.0 Å². The second-order valence-electron chi connectivity index (χ2n) is 2.52. The van der Waals surface area contributed by atoms with Crippen LogP contribution in [0.5, 0.6) is 5.75 Å². The zero-order valence-electron chi connectivity index (χ0n) is 6.57. The Kier molecular flexibility index (Phi) is 3.10. The SMILES string of the molecule is N[C@H](C(=O)O)c1ccc(I)cc1O. The summed E-state index contributed by atoms with van der Waals surface area (Å²) in [5.74, 6) is -1.24. The van der Waals surface area contributed by atoms with Crippen LogP contribution >= 0.6 is 22.6 Å². The van der Waals surface area contributed by atoms with Gasteiger partial charge in [-0.1, -0.05) is 6.07 Å². The van der Waals surface area contributed by atoms with Crippen LogP contribution in [0.25, 0.3) is 0 Å². The van der Waals surface area contributed by atoms with Crippen molar-refractivity contribution in [3.63, 3.8) is 0 Å². The Balaban J connectivity index is 3.08. The molecule has 0 fully saturated rings. The van der Waals surface area contributed by atoms with Gasteiger partial charge in [-0.15, -0.1) is 0 Å². The molecular weight excluding hydrogens is 285 g/mol. The van der Waals surface area contributed by atoms with Crippen molar-refractivity contribution in [2.45, 2.75) is 6.04 Å². The van der Waals surface area contributed by atoms with Crippen LogP contribution in [0, 0.1) is 3.57 Å². The molecule has 4 N–H and O–H groups in total. The van der Waals surface area contributed by atoms with E-state index in [4.69, 9.17) is 10.8 Å². The van der Waals surface area contributed by atoms with Gasteiger partial charge in [-0.25, -0.2) is 0 Å². The fraction of sp³-hybridized carbons (Fsp3) is 0.125. The van der Waals surface area contributed by atoms with E-state index in [-0.39, 0.29) is 11.3 Å². The van der Waals surface area contributed by atoms with E-state index in [2.05, 4.69) is 0 Å². The third-order valence-electron chi connectivity index (χ3n) is 1.59. The Morgan fingerprint density at radius 2 is 2.15 bits per heavy atom. The first kappa shape index (κ1) is 10.3. The molecule has 0 radical (unpaired) electrons. The van der Waals surface area contributed by atoms with Crippen LogP contribution in [0.2, 0.25) is 0 Å². The van der Waals surface area contributed by atoms with Crippen LogP contribution in [0.3, 0.4) is 0 Å². The molecule has 1 aromatic rings. The number of aliphatic carboxylic acids is 1. The highest BCUT2D eigenvalue weighted by atomic mass is 127. The van der Waals surface area contributed by atoms with Crippen molar-refractivity contribution in [1.29, 1.82) is 0 Å². The third kappa shape index (κ3) is 2.31. The third-order valence-corrected chi connectivity index (χ3v) is 2.26. The summed E-state index contributed by atoms with van der Waals surface area (Å²) in [6.45, 7) is 0. The molecule has 70 valence electrons. The summed E-state index contributed by atoms with van der Waals surface area (Å²) in [6.07, 6.45) is 0. The van der Waals surface area contributed by atoms with Gasteiger partial charge >= 0.3 is 5.97 Å². The van der Waals surface area contributed by atoms with E-state index >= 15 is 0 Å². The van der Waals surface area contributed by atoms with Crippen LogP contribution in [0.4, 0.5) is 0 Å². The number of hydrogen-bond acceptors (Lipinski definition) is 3. The highest BCUT2D eigenvalue weighted by Gasteiger charge is 2.17. The maximum Gasteiger partial charge on any atom is 0.325 e. The minimum Gasteiger partial charge on any atom is -0.508 e. The molecule has 1 aromatic carbocycles. The quantitative estimate of drug-likeness (QED) is 0.712. The lowest BCUT2D eigenvalue weighted by atomic mass is 10.1. The summed E-state index contributed by atoms with van der Waals surface area (Å²) >= 11 is 2.01. The number of phenols is 1. The van der Waals surface area contributed by atoms with Gasteiger partial charge in [0.2, 0.25) is 0 Å². The van der Waals surface area contributed by atoms with Crippen molar-refractivity contribution in [2.24, 2.45) is 5.73 Å². The highest BCUT2D eigenvalue weighted by molar-refractivity contribution is 14.1. The lowest BCUT2D eigenvalue weighted by Crippen LogP contribution is -2.20. The lowest BCUT2D eigenvalue weighted by molar-refractivity contribution is -0.138. The second kappa shape index (κ2) is 3.93. The number of hydrogen-bond donors (Lipinski definition) is 3. The van der Waals surface area contributed by atoms with Crippen molar-refractivity contribution in [1.82, 2.24) is 0 Å². The van der Waals surface area contributed by atoms with E-state index in [9.17, 15) is 9.90 Å². The number of carboxylic acid groups (broad SMARTS) is 1. The average Bonchev–Trinajstić information content (AvgIpc) is 2.03. The van der Waals surface area contributed by atoms with Gasteiger partial charge in [0.25, 0.3) is 0 Å². The minimum atomic E-state index is -1.17. The summed E-state index contributed by atoms with van der Waals surface area (Å²) < 4.78 is 0.830. The van der Waals surface area contributed by atoms with Gasteiger partial charge in [0.05, 0.1) is 0 Å². The van der Waals surface area contributed by atoms with Gasteiger partial charge < -0.3 is 15.9 Å². The number of rotatable bonds is 2. The predicted octanol–water partition coefficient (Wildman–Crippen LogP) is 1.08. The zero-order valence-corrected chi connectivity index (χ0v) is 8.72. The Morgan fingerprint density at radius 1 is 1.54 bits per heavy atom. The van der Waals surface area contributed by atoms with Crippen molar-refractivity contribution in [2.75, 3.05) is 0 Å². The monoisotopic (exact) mass is 293 g/mol. The topological polar surface area (TPSA) is 83.6 Å². The van der Waals surface area contributed by atoms with E-state index in [1.807, 2.05) is 22.6 Å². The van der Waals surface area contributed by atoms with Crippen LogP contribution in [-0.2, 0) is 4.79 Å². The van der Waals surface area contributed by atoms with Crippen LogP contribution in [0.15, 0.2) is 18.2 Å². The van der Waals surface area contributed by atoms with Crippen molar-refractivity contribution in [3.05, 3.63) is 27.3 Å². The zero-order chi connectivity index (χ0) is 10.0. The van der Waals surface area contributed by atoms with Gasteiger partial charge in [-0.3, -0.25) is 4.79 Å². The van der Waals surface area contributed by atoms with Gasteiger partial charge in [-0.2, -0.15) is 0 Å². The van der Waals surface area contributed by atoms with Gasteiger partial charge in [0, 0.05) is 9.13 Å². The number of carbonyl (C=O) groups is 1. The first-order valence-corrected chi connectivity index (χ1v) is 4.57. The van der Waals surface area contributed by atoms with E-state index in [0.29, 0.717) is 0 Å². The van der Waals surface area contributed by atoms with Crippen molar-refractivity contribution in [3.8, 4) is 5.75 Å². The van der Waals surface area contributed by atoms with E-state index in [1.165, 1.54) is 12.1 Å². The summed E-state index contributed by atoms with van der Waals surface area (Å²) in [5, 5.41) is 18.0. The molecule has 0 unspecified atom stereocenters. The fourth-order valence-corrected chi connectivity index (χ4v) is 1.39. The first-order valence-electron chi connectivity index (χ1n) is 3.49. The molecule has 4 nitrogen and oxygen atoms in total. The number of aromatic hydroxyl groups is 1.